The molecule has 1 nitrogen and oxygen atoms in total. The minimum absolute atomic E-state index is 0.257. The Balaban J connectivity index is 2.30. The predicted molar refractivity (Wildman–Crippen MR) is 45.3 cm³/mol. The van der Waals surface area contributed by atoms with Crippen molar-refractivity contribution in [3.05, 3.63) is 34.9 Å². The van der Waals surface area contributed by atoms with Gasteiger partial charge in [0.2, 0.25) is 0 Å². The van der Waals surface area contributed by atoms with Gasteiger partial charge in [-0.2, -0.15) is 0 Å². The zero-order chi connectivity index (χ0) is 7.84. The van der Waals surface area contributed by atoms with E-state index in [9.17, 15) is 0 Å². The van der Waals surface area contributed by atoms with Gasteiger partial charge in [0.15, 0.2) is 0 Å². The molecule has 0 saturated heterocycles. The van der Waals surface area contributed by atoms with E-state index in [1.807, 2.05) is 0 Å². The maximum absolute atomic E-state index is 5.25. The number of fused-ring (bicyclic) bond motifs is 2. The van der Waals surface area contributed by atoms with Gasteiger partial charge in [-0.15, -0.1) is 0 Å². The molecule has 2 aliphatic carbocycles. The van der Waals surface area contributed by atoms with Gasteiger partial charge in [0, 0.05) is 7.11 Å². The molecule has 0 heterocycles. The Morgan fingerprint density at radius 2 is 2.27 bits per heavy atom. The molecule has 1 atom stereocenters. The second-order valence-electron chi connectivity index (χ2n) is 3.09. The molecule has 2 bridgehead atoms. The van der Waals surface area contributed by atoms with Gasteiger partial charge in [-0.3, -0.25) is 0 Å². The molecule has 0 saturated carbocycles. The Hall–Kier alpha value is -0.820. The van der Waals surface area contributed by atoms with E-state index in [1.165, 1.54) is 16.7 Å². The fourth-order valence-corrected chi connectivity index (χ4v) is 1.64. The summed E-state index contributed by atoms with van der Waals surface area (Å²) < 4.78 is 5.25. The highest BCUT2D eigenvalue weighted by Crippen LogP contribution is 2.35. The molecule has 0 spiro atoms. The van der Waals surface area contributed by atoms with E-state index < -0.39 is 0 Å². The summed E-state index contributed by atoms with van der Waals surface area (Å²) in [6.07, 6.45) is 8.00. The summed E-state index contributed by atoms with van der Waals surface area (Å²) in [4.78, 5) is 0. The van der Waals surface area contributed by atoms with Crippen LogP contribution in [0.2, 0.25) is 0 Å². The molecular weight excluding hydrogens is 136 g/mol. The Morgan fingerprint density at radius 3 is 2.73 bits per heavy atom. The summed E-state index contributed by atoms with van der Waals surface area (Å²) in [7, 11) is 1.76. The molecule has 0 aromatic carbocycles. The van der Waals surface area contributed by atoms with Gasteiger partial charge < -0.3 is 4.74 Å². The maximum atomic E-state index is 5.25. The Kier molecular flexibility index (Phi) is 1.46. The first-order valence-electron chi connectivity index (χ1n) is 3.96. The summed E-state index contributed by atoms with van der Waals surface area (Å²) in [6.45, 7) is 2.09. The molecule has 11 heavy (non-hydrogen) atoms. The molecule has 0 amide bonds. The topological polar surface area (TPSA) is 9.23 Å². The Labute approximate surface area is 67.1 Å². The molecule has 0 fully saturated rings. The molecule has 0 aromatic heterocycles. The highest BCUT2D eigenvalue weighted by molar-refractivity contribution is 5.55. The zero-order valence-electron chi connectivity index (χ0n) is 6.92. The Bertz CT molecular complexity index is 269. The predicted octanol–water partition coefficient (Wildman–Crippen LogP) is 2.22. The number of rotatable bonds is 2. The molecule has 0 N–H and O–H groups in total. The second kappa shape index (κ2) is 2.35. The minimum Gasteiger partial charge on any atom is -0.377 e. The maximum Gasteiger partial charge on any atom is 0.0795 e. The normalized spacial score (nSPS) is 22.9. The average molecular weight is 148 g/mol. The van der Waals surface area contributed by atoms with Crippen molar-refractivity contribution in [1.82, 2.24) is 0 Å². The standard InChI is InChI=1S/C10H12O/c1-7(11-2)10-6-8-3-4-9(10)5-8/h3-4,6-7H,5H2,1-2H3. The van der Waals surface area contributed by atoms with Crippen molar-refractivity contribution in [3.63, 3.8) is 0 Å². The van der Waals surface area contributed by atoms with Crippen LogP contribution in [0.1, 0.15) is 13.3 Å². The summed E-state index contributed by atoms with van der Waals surface area (Å²) in [5, 5.41) is 0. The van der Waals surface area contributed by atoms with E-state index in [1.54, 1.807) is 7.11 Å². The molecule has 2 rings (SSSR count). The van der Waals surface area contributed by atoms with Gasteiger partial charge in [-0.05, 0) is 30.1 Å². The summed E-state index contributed by atoms with van der Waals surface area (Å²) >= 11 is 0. The summed E-state index contributed by atoms with van der Waals surface area (Å²) in [6, 6.07) is 0. The van der Waals surface area contributed by atoms with Crippen LogP contribution in [0.25, 0.3) is 0 Å². The monoisotopic (exact) mass is 148 g/mol. The Morgan fingerprint density at radius 1 is 1.45 bits per heavy atom. The van der Waals surface area contributed by atoms with E-state index >= 15 is 0 Å². The van der Waals surface area contributed by atoms with E-state index in [0.717, 1.165) is 6.42 Å². The van der Waals surface area contributed by atoms with Crippen LogP contribution in [-0.2, 0) is 4.74 Å². The van der Waals surface area contributed by atoms with Gasteiger partial charge in [0.05, 0.1) is 6.10 Å². The van der Waals surface area contributed by atoms with Crippen molar-refractivity contribution in [1.29, 1.82) is 0 Å². The SMILES string of the molecule is COC(C)C1=C2C=CC(=C1)C2. The lowest BCUT2D eigenvalue weighted by Crippen LogP contribution is -2.07. The van der Waals surface area contributed by atoms with E-state index in [-0.39, 0.29) is 6.10 Å². The third-order valence-corrected chi connectivity index (χ3v) is 2.40. The van der Waals surface area contributed by atoms with Crippen LogP contribution in [0, 0.1) is 0 Å². The molecular formula is C10H12O. The first kappa shape index (κ1) is 6.86. The first-order chi connectivity index (χ1) is 5.31. The molecule has 0 aliphatic heterocycles. The van der Waals surface area contributed by atoms with Crippen molar-refractivity contribution >= 4 is 0 Å². The third kappa shape index (κ3) is 0.962. The summed E-state index contributed by atoms with van der Waals surface area (Å²) in [5.41, 5.74) is 4.23. The number of methoxy groups -OCH3 is 1. The van der Waals surface area contributed by atoms with Gasteiger partial charge in [-0.1, -0.05) is 18.2 Å². The zero-order valence-corrected chi connectivity index (χ0v) is 6.92. The van der Waals surface area contributed by atoms with E-state index in [4.69, 9.17) is 4.74 Å². The quantitative estimate of drug-likeness (QED) is 0.583. The van der Waals surface area contributed by atoms with Crippen LogP contribution in [0.15, 0.2) is 34.9 Å². The van der Waals surface area contributed by atoms with Crippen LogP contribution in [-0.4, -0.2) is 13.2 Å². The second-order valence-corrected chi connectivity index (χ2v) is 3.09. The molecule has 0 radical (unpaired) electrons. The van der Waals surface area contributed by atoms with Gasteiger partial charge in [0.1, 0.15) is 0 Å². The fourth-order valence-electron chi connectivity index (χ4n) is 1.64. The van der Waals surface area contributed by atoms with Gasteiger partial charge in [-0.25, -0.2) is 0 Å². The van der Waals surface area contributed by atoms with Crippen molar-refractivity contribution in [2.24, 2.45) is 0 Å². The molecule has 1 heteroatoms. The number of hydrogen-bond acceptors (Lipinski definition) is 1. The minimum atomic E-state index is 0.257. The van der Waals surface area contributed by atoms with Crippen LogP contribution in [0.5, 0.6) is 0 Å². The van der Waals surface area contributed by atoms with Crippen LogP contribution >= 0.6 is 0 Å². The first-order valence-corrected chi connectivity index (χ1v) is 3.96. The number of allylic oxidation sites excluding steroid dienone is 4. The lowest BCUT2D eigenvalue weighted by molar-refractivity contribution is 0.149. The molecule has 2 aliphatic rings. The van der Waals surface area contributed by atoms with Crippen molar-refractivity contribution in [2.45, 2.75) is 19.4 Å². The smallest absolute Gasteiger partial charge is 0.0795 e. The number of hydrogen-bond donors (Lipinski definition) is 0. The highest BCUT2D eigenvalue weighted by Gasteiger charge is 2.20. The molecule has 58 valence electrons. The lowest BCUT2D eigenvalue weighted by Gasteiger charge is -2.11. The largest absolute Gasteiger partial charge is 0.377 e. The van der Waals surface area contributed by atoms with Crippen molar-refractivity contribution < 1.29 is 4.74 Å². The average Bonchev–Trinajstić information content (AvgIpc) is 2.62. The number of ether oxygens (including phenoxy) is 1. The van der Waals surface area contributed by atoms with Crippen molar-refractivity contribution in [3.8, 4) is 0 Å². The molecule has 1 unspecified atom stereocenters. The van der Waals surface area contributed by atoms with Crippen molar-refractivity contribution in [2.75, 3.05) is 7.11 Å². The van der Waals surface area contributed by atoms with Gasteiger partial charge in [0.25, 0.3) is 0 Å². The summed E-state index contributed by atoms with van der Waals surface area (Å²) in [5.74, 6) is 0. The lowest BCUT2D eigenvalue weighted by atomic mass is 10.1. The van der Waals surface area contributed by atoms with Gasteiger partial charge >= 0.3 is 0 Å². The third-order valence-electron chi connectivity index (χ3n) is 2.40. The fraction of sp³-hybridized carbons (Fsp3) is 0.400. The van der Waals surface area contributed by atoms with Crippen LogP contribution in [0.4, 0.5) is 0 Å². The highest BCUT2D eigenvalue weighted by atomic mass is 16.5. The van der Waals surface area contributed by atoms with E-state index in [0.29, 0.717) is 0 Å². The van der Waals surface area contributed by atoms with Crippen LogP contribution < -0.4 is 0 Å². The van der Waals surface area contributed by atoms with Crippen LogP contribution in [0.3, 0.4) is 0 Å². The van der Waals surface area contributed by atoms with E-state index in [2.05, 4.69) is 25.2 Å². The molecule has 0 aromatic rings.